The quantitative estimate of drug-likeness (QED) is 0.735. The second-order valence-electron chi connectivity index (χ2n) is 4.06. The Morgan fingerprint density at radius 1 is 1.21 bits per heavy atom. The van der Waals surface area contributed by atoms with Crippen LogP contribution in [0, 0.1) is 0 Å². The fourth-order valence-electron chi connectivity index (χ4n) is 1.45. The van der Waals surface area contributed by atoms with Crippen molar-refractivity contribution in [3.63, 3.8) is 0 Å². The molecule has 0 spiro atoms. The fourth-order valence-corrected chi connectivity index (χ4v) is 2.74. The van der Waals surface area contributed by atoms with Crippen LogP contribution in [0.1, 0.15) is 12.8 Å². The molecule has 0 bridgehead atoms. The van der Waals surface area contributed by atoms with Crippen molar-refractivity contribution in [1.29, 1.82) is 0 Å². The third-order valence-electron chi connectivity index (χ3n) is 2.45. The zero-order valence-corrected chi connectivity index (χ0v) is 12.0. The Morgan fingerprint density at radius 3 is 2.42 bits per heavy atom. The molecule has 5 nitrogen and oxygen atoms in total. The van der Waals surface area contributed by atoms with E-state index in [0.29, 0.717) is 18.1 Å². The summed E-state index contributed by atoms with van der Waals surface area (Å²) >= 11 is 5.68. The van der Waals surface area contributed by atoms with Gasteiger partial charge in [-0.3, -0.25) is 4.79 Å². The normalized spacial score (nSPS) is 11.3. The number of halogens is 1. The Hall–Kier alpha value is -1.11. The molecule has 0 radical (unpaired) electrons. The number of hydrogen-bond donors (Lipinski definition) is 2. The standard InChI is InChI=1S/C12H17ClN2O3S/c13-10-3-5-11(6-4-10)19(17,18)9-12(16)15-8-2-1-7-14/h3-6H,1-2,7-9,14H2,(H,15,16). The van der Waals surface area contributed by atoms with Gasteiger partial charge in [-0.25, -0.2) is 8.42 Å². The lowest BCUT2D eigenvalue weighted by Gasteiger charge is -2.06. The van der Waals surface area contributed by atoms with E-state index in [4.69, 9.17) is 17.3 Å². The molecule has 0 aliphatic carbocycles. The Balaban J connectivity index is 2.55. The van der Waals surface area contributed by atoms with Crippen LogP contribution in [0.25, 0.3) is 0 Å². The summed E-state index contributed by atoms with van der Waals surface area (Å²) in [5.41, 5.74) is 5.32. The van der Waals surface area contributed by atoms with Crippen LogP contribution in [0.4, 0.5) is 0 Å². The molecule has 0 fully saturated rings. The summed E-state index contributed by atoms with van der Waals surface area (Å²) < 4.78 is 23.8. The van der Waals surface area contributed by atoms with Crippen molar-refractivity contribution in [2.45, 2.75) is 17.7 Å². The first-order valence-corrected chi connectivity index (χ1v) is 7.94. The van der Waals surface area contributed by atoms with E-state index in [1.807, 2.05) is 0 Å². The number of carbonyl (C=O) groups excluding carboxylic acids is 1. The molecule has 0 unspecified atom stereocenters. The summed E-state index contributed by atoms with van der Waals surface area (Å²) in [5, 5.41) is 3.00. The molecule has 3 N–H and O–H groups in total. The highest BCUT2D eigenvalue weighted by Crippen LogP contribution is 2.15. The highest BCUT2D eigenvalue weighted by atomic mass is 35.5. The number of nitrogens with one attached hydrogen (secondary N) is 1. The van der Waals surface area contributed by atoms with Crippen molar-refractivity contribution in [2.75, 3.05) is 18.8 Å². The number of amides is 1. The molecule has 1 rings (SSSR count). The molecule has 106 valence electrons. The summed E-state index contributed by atoms with van der Waals surface area (Å²) in [6.07, 6.45) is 1.54. The number of sulfone groups is 1. The van der Waals surface area contributed by atoms with E-state index >= 15 is 0 Å². The molecule has 0 saturated carbocycles. The van der Waals surface area contributed by atoms with Gasteiger partial charge in [0.2, 0.25) is 5.91 Å². The molecule has 19 heavy (non-hydrogen) atoms. The zero-order valence-electron chi connectivity index (χ0n) is 10.4. The first kappa shape index (κ1) is 15.9. The van der Waals surface area contributed by atoms with Crippen LogP contribution in [-0.4, -0.2) is 33.2 Å². The molecule has 0 aliphatic rings. The fraction of sp³-hybridized carbons (Fsp3) is 0.417. The maximum atomic E-state index is 11.9. The van der Waals surface area contributed by atoms with Gasteiger partial charge in [-0.1, -0.05) is 11.6 Å². The number of benzene rings is 1. The average molecular weight is 305 g/mol. The van der Waals surface area contributed by atoms with Gasteiger partial charge >= 0.3 is 0 Å². The van der Waals surface area contributed by atoms with E-state index in [9.17, 15) is 13.2 Å². The van der Waals surface area contributed by atoms with Gasteiger partial charge in [0.1, 0.15) is 5.75 Å². The Morgan fingerprint density at radius 2 is 1.84 bits per heavy atom. The minimum absolute atomic E-state index is 0.0917. The number of hydrogen-bond acceptors (Lipinski definition) is 4. The first-order chi connectivity index (χ1) is 8.95. The van der Waals surface area contributed by atoms with E-state index < -0.39 is 21.5 Å². The highest BCUT2D eigenvalue weighted by molar-refractivity contribution is 7.92. The van der Waals surface area contributed by atoms with Crippen molar-refractivity contribution in [1.82, 2.24) is 5.32 Å². The predicted molar refractivity (Wildman–Crippen MR) is 74.8 cm³/mol. The molecule has 0 heterocycles. The van der Waals surface area contributed by atoms with Gasteiger partial charge in [-0.15, -0.1) is 0 Å². The van der Waals surface area contributed by atoms with Gasteiger partial charge in [0, 0.05) is 11.6 Å². The van der Waals surface area contributed by atoms with Crippen LogP contribution in [0.15, 0.2) is 29.2 Å². The van der Waals surface area contributed by atoms with Crippen molar-refractivity contribution < 1.29 is 13.2 Å². The topological polar surface area (TPSA) is 89.3 Å². The highest BCUT2D eigenvalue weighted by Gasteiger charge is 2.18. The minimum Gasteiger partial charge on any atom is -0.355 e. The number of carbonyl (C=O) groups is 1. The zero-order chi connectivity index (χ0) is 14.3. The molecule has 0 saturated heterocycles. The van der Waals surface area contributed by atoms with E-state index in [-0.39, 0.29) is 4.90 Å². The van der Waals surface area contributed by atoms with Gasteiger partial charge in [0.15, 0.2) is 9.84 Å². The van der Waals surface area contributed by atoms with Crippen LogP contribution in [0.5, 0.6) is 0 Å². The molecule has 7 heteroatoms. The Kier molecular flexibility index (Phi) is 6.27. The van der Waals surface area contributed by atoms with Crippen molar-refractivity contribution in [3.05, 3.63) is 29.3 Å². The van der Waals surface area contributed by atoms with Gasteiger partial charge in [-0.05, 0) is 43.7 Å². The van der Waals surface area contributed by atoms with Crippen LogP contribution in [-0.2, 0) is 14.6 Å². The smallest absolute Gasteiger partial charge is 0.235 e. The van der Waals surface area contributed by atoms with Gasteiger partial charge in [-0.2, -0.15) is 0 Å². The first-order valence-electron chi connectivity index (χ1n) is 5.91. The van der Waals surface area contributed by atoms with Gasteiger partial charge in [0.25, 0.3) is 0 Å². The second-order valence-corrected chi connectivity index (χ2v) is 6.48. The SMILES string of the molecule is NCCCCNC(=O)CS(=O)(=O)c1ccc(Cl)cc1. The van der Waals surface area contributed by atoms with Gasteiger partial charge < -0.3 is 11.1 Å². The van der Waals surface area contributed by atoms with E-state index in [0.717, 1.165) is 12.8 Å². The number of rotatable bonds is 7. The van der Waals surface area contributed by atoms with E-state index in [1.54, 1.807) is 0 Å². The monoisotopic (exact) mass is 304 g/mol. The molecule has 1 amide bonds. The Labute approximate surface area is 118 Å². The van der Waals surface area contributed by atoms with Gasteiger partial charge in [0.05, 0.1) is 4.90 Å². The lowest BCUT2D eigenvalue weighted by Crippen LogP contribution is -2.31. The minimum atomic E-state index is -3.61. The van der Waals surface area contributed by atoms with Crippen LogP contribution in [0.2, 0.25) is 5.02 Å². The molecule has 1 aromatic rings. The van der Waals surface area contributed by atoms with E-state index in [1.165, 1.54) is 24.3 Å². The molecule has 0 atom stereocenters. The van der Waals surface area contributed by atoms with Crippen LogP contribution >= 0.6 is 11.6 Å². The Bertz CT molecular complexity index is 514. The third kappa shape index (κ3) is 5.59. The van der Waals surface area contributed by atoms with Crippen molar-refractivity contribution in [3.8, 4) is 0 Å². The largest absolute Gasteiger partial charge is 0.355 e. The molecular formula is C12H17ClN2O3S. The van der Waals surface area contributed by atoms with E-state index in [2.05, 4.69) is 5.32 Å². The summed E-state index contributed by atoms with van der Waals surface area (Å²) in [6, 6.07) is 5.74. The number of unbranched alkanes of at least 4 members (excludes halogenated alkanes) is 1. The second kappa shape index (κ2) is 7.47. The predicted octanol–water partition coefficient (Wildman–Crippen LogP) is 0.969. The molecular weight excluding hydrogens is 288 g/mol. The lowest BCUT2D eigenvalue weighted by atomic mass is 10.3. The van der Waals surface area contributed by atoms with Crippen LogP contribution in [0.3, 0.4) is 0 Å². The third-order valence-corrected chi connectivity index (χ3v) is 4.33. The maximum absolute atomic E-state index is 11.9. The molecule has 0 aromatic heterocycles. The average Bonchev–Trinajstić information content (AvgIpc) is 2.34. The van der Waals surface area contributed by atoms with Crippen LogP contribution < -0.4 is 11.1 Å². The summed E-state index contributed by atoms with van der Waals surface area (Å²) in [5.74, 6) is -1.07. The van der Waals surface area contributed by atoms with Crippen molar-refractivity contribution >= 4 is 27.3 Å². The molecule has 0 aliphatic heterocycles. The summed E-state index contributed by atoms with van der Waals surface area (Å²) in [7, 11) is -3.61. The maximum Gasteiger partial charge on any atom is 0.235 e. The summed E-state index contributed by atoms with van der Waals surface area (Å²) in [4.78, 5) is 11.6. The molecule has 1 aromatic carbocycles. The van der Waals surface area contributed by atoms with Crippen molar-refractivity contribution in [2.24, 2.45) is 5.73 Å². The lowest BCUT2D eigenvalue weighted by molar-refractivity contribution is -0.118. The summed E-state index contributed by atoms with van der Waals surface area (Å²) in [6.45, 7) is 0.991. The number of nitrogens with two attached hydrogens (primary N) is 1.